The first-order valence-corrected chi connectivity index (χ1v) is 10.1. The molecule has 25 heavy (non-hydrogen) atoms. The zero-order valence-electron chi connectivity index (χ0n) is 14.5. The standard InChI is InChI=1S/C18H22N6S/c1-2-13-9-14-17(19-11-20-18(14)25-13)23-7-3-5-12(10-23)16-22-21-15-6-4-8-24(15)16/h9,11-12H,2-8,10H2,1H3. The molecule has 5 heterocycles. The Labute approximate surface area is 150 Å². The van der Waals surface area contributed by atoms with E-state index in [-0.39, 0.29) is 0 Å². The Morgan fingerprint density at radius 2 is 2.16 bits per heavy atom. The molecule has 3 aromatic rings. The second kappa shape index (κ2) is 6.05. The molecule has 0 radical (unpaired) electrons. The highest BCUT2D eigenvalue weighted by Gasteiger charge is 2.29. The van der Waals surface area contributed by atoms with Gasteiger partial charge >= 0.3 is 0 Å². The first-order chi connectivity index (χ1) is 12.3. The van der Waals surface area contributed by atoms with Gasteiger partial charge in [-0.3, -0.25) is 0 Å². The zero-order valence-corrected chi connectivity index (χ0v) is 15.3. The smallest absolute Gasteiger partial charge is 0.140 e. The predicted octanol–water partition coefficient (Wildman–Crippen LogP) is 3.18. The lowest BCUT2D eigenvalue weighted by Gasteiger charge is -2.33. The van der Waals surface area contributed by atoms with Crippen LogP contribution in [0.15, 0.2) is 12.4 Å². The Morgan fingerprint density at radius 3 is 3.08 bits per heavy atom. The maximum atomic E-state index is 4.65. The van der Waals surface area contributed by atoms with Crippen LogP contribution in [0.4, 0.5) is 5.82 Å². The molecule has 0 aliphatic carbocycles. The van der Waals surface area contributed by atoms with Gasteiger partial charge in [0.1, 0.15) is 28.6 Å². The molecule has 0 aromatic carbocycles. The van der Waals surface area contributed by atoms with E-state index in [1.165, 1.54) is 41.2 Å². The number of hydrogen-bond donors (Lipinski definition) is 0. The van der Waals surface area contributed by atoms with Crippen LogP contribution in [0.25, 0.3) is 10.2 Å². The van der Waals surface area contributed by atoms with Crippen molar-refractivity contribution < 1.29 is 0 Å². The van der Waals surface area contributed by atoms with Crippen molar-refractivity contribution in [2.45, 2.75) is 51.5 Å². The maximum absolute atomic E-state index is 4.65. The summed E-state index contributed by atoms with van der Waals surface area (Å²) in [6, 6.07) is 2.27. The number of piperidine rings is 1. The van der Waals surface area contributed by atoms with Crippen LogP contribution in [0.2, 0.25) is 0 Å². The monoisotopic (exact) mass is 354 g/mol. The summed E-state index contributed by atoms with van der Waals surface area (Å²) in [5.41, 5.74) is 0. The number of anilines is 1. The fraction of sp³-hybridized carbons (Fsp3) is 0.556. The van der Waals surface area contributed by atoms with Gasteiger partial charge in [0.05, 0.1) is 5.39 Å². The van der Waals surface area contributed by atoms with Crippen molar-refractivity contribution in [3.05, 3.63) is 28.9 Å². The van der Waals surface area contributed by atoms with E-state index in [1.807, 2.05) is 0 Å². The second-order valence-electron chi connectivity index (χ2n) is 7.00. The van der Waals surface area contributed by atoms with E-state index in [9.17, 15) is 0 Å². The van der Waals surface area contributed by atoms with Crippen molar-refractivity contribution in [3.8, 4) is 0 Å². The van der Waals surface area contributed by atoms with Gasteiger partial charge in [-0.05, 0) is 31.7 Å². The van der Waals surface area contributed by atoms with Gasteiger partial charge in [0.25, 0.3) is 0 Å². The summed E-state index contributed by atoms with van der Waals surface area (Å²) in [7, 11) is 0. The van der Waals surface area contributed by atoms with Crippen molar-refractivity contribution in [1.29, 1.82) is 0 Å². The molecule has 2 aliphatic heterocycles. The molecule has 1 fully saturated rings. The lowest BCUT2D eigenvalue weighted by atomic mass is 9.97. The van der Waals surface area contributed by atoms with Crippen molar-refractivity contribution in [2.24, 2.45) is 0 Å². The first kappa shape index (κ1) is 15.3. The van der Waals surface area contributed by atoms with Crippen molar-refractivity contribution >= 4 is 27.4 Å². The highest BCUT2D eigenvalue weighted by atomic mass is 32.1. The normalized spacial score (nSPS) is 20.4. The summed E-state index contributed by atoms with van der Waals surface area (Å²) in [6.07, 6.45) is 7.40. The van der Waals surface area contributed by atoms with Crippen LogP contribution >= 0.6 is 11.3 Å². The third-order valence-corrected chi connectivity index (χ3v) is 6.62. The van der Waals surface area contributed by atoms with Gasteiger partial charge in [0.15, 0.2) is 0 Å². The Kier molecular flexibility index (Phi) is 3.69. The number of rotatable bonds is 3. The summed E-state index contributed by atoms with van der Waals surface area (Å²) in [4.78, 5) is 14.0. The van der Waals surface area contributed by atoms with Crippen molar-refractivity contribution in [2.75, 3.05) is 18.0 Å². The Hall–Kier alpha value is -2.02. The Bertz CT molecular complexity index is 914. The van der Waals surface area contributed by atoms with Crippen LogP contribution in [0, 0.1) is 0 Å². The third-order valence-electron chi connectivity index (χ3n) is 5.43. The SMILES string of the molecule is CCc1cc2c(N3CCCC(c4nnc5n4CCC5)C3)ncnc2s1. The highest BCUT2D eigenvalue weighted by Crippen LogP contribution is 2.35. The summed E-state index contributed by atoms with van der Waals surface area (Å²) in [5.74, 6) is 3.89. The van der Waals surface area contributed by atoms with Crippen molar-refractivity contribution in [1.82, 2.24) is 24.7 Å². The van der Waals surface area contributed by atoms with Gasteiger partial charge in [-0.1, -0.05) is 6.92 Å². The third kappa shape index (κ3) is 2.52. The number of aromatic nitrogens is 5. The summed E-state index contributed by atoms with van der Waals surface area (Å²) < 4.78 is 2.35. The van der Waals surface area contributed by atoms with E-state index in [0.29, 0.717) is 5.92 Å². The Balaban J connectivity index is 1.47. The van der Waals surface area contributed by atoms with E-state index in [0.717, 1.165) is 43.1 Å². The molecule has 3 aromatic heterocycles. The number of aryl methyl sites for hydroxylation is 2. The van der Waals surface area contributed by atoms with E-state index in [2.05, 4.69) is 42.6 Å². The number of nitrogens with zero attached hydrogens (tertiary/aromatic N) is 6. The maximum Gasteiger partial charge on any atom is 0.140 e. The van der Waals surface area contributed by atoms with Gasteiger partial charge in [-0.25, -0.2) is 9.97 Å². The van der Waals surface area contributed by atoms with Crippen LogP contribution in [-0.4, -0.2) is 37.8 Å². The molecule has 0 bridgehead atoms. The largest absolute Gasteiger partial charge is 0.355 e. The minimum atomic E-state index is 0.447. The number of hydrogen-bond acceptors (Lipinski definition) is 6. The van der Waals surface area contributed by atoms with Crippen LogP contribution in [0.5, 0.6) is 0 Å². The molecule has 1 atom stereocenters. The van der Waals surface area contributed by atoms with E-state index in [1.54, 1.807) is 17.7 Å². The molecule has 130 valence electrons. The Morgan fingerprint density at radius 1 is 1.20 bits per heavy atom. The lowest BCUT2D eigenvalue weighted by molar-refractivity contribution is 0.471. The minimum absolute atomic E-state index is 0.447. The van der Waals surface area contributed by atoms with Gasteiger partial charge in [0, 0.05) is 36.9 Å². The fourth-order valence-corrected chi connectivity index (χ4v) is 5.10. The quantitative estimate of drug-likeness (QED) is 0.723. The topological polar surface area (TPSA) is 59.7 Å². The van der Waals surface area contributed by atoms with Crippen LogP contribution in [0.3, 0.4) is 0 Å². The summed E-state index contributed by atoms with van der Waals surface area (Å²) in [5, 5.41) is 10.1. The molecule has 0 amide bonds. The van der Waals surface area contributed by atoms with Gasteiger partial charge in [-0.2, -0.15) is 0 Å². The molecule has 0 N–H and O–H groups in total. The number of thiophene rings is 1. The second-order valence-corrected chi connectivity index (χ2v) is 8.11. The molecular weight excluding hydrogens is 332 g/mol. The molecule has 0 spiro atoms. The predicted molar refractivity (Wildman–Crippen MR) is 99.3 cm³/mol. The average molecular weight is 354 g/mol. The molecule has 1 unspecified atom stereocenters. The molecular formula is C18H22N6S. The van der Waals surface area contributed by atoms with Crippen LogP contribution in [-0.2, 0) is 19.4 Å². The molecule has 5 rings (SSSR count). The average Bonchev–Trinajstić information content (AvgIpc) is 3.35. The number of fused-ring (bicyclic) bond motifs is 2. The zero-order chi connectivity index (χ0) is 16.8. The van der Waals surface area contributed by atoms with Crippen molar-refractivity contribution in [3.63, 3.8) is 0 Å². The van der Waals surface area contributed by atoms with Gasteiger partial charge < -0.3 is 9.47 Å². The molecule has 1 saturated heterocycles. The van der Waals surface area contributed by atoms with E-state index >= 15 is 0 Å². The van der Waals surface area contributed by atoms with E-state index in [4.69, 9.17) is 0 Å². The van der Waals surface area contributed by atoms with Crippen LogP contribution in [0.1, 0.15) is 48.6 Å². The van der Waals surface area contributed by atoms with Gasteiger partial charge in [-0.15, -0.1) is 21.5 Å². The summed E-state index contributed by atoms with van der Waals surface area (Å²) >= 11 is 1.79. The molecule has 0 saturated carbocycles. The molecule has 6 nitrogen and oxygen atoms in total. The minimum Gasteiger partial charge on any atom is -0.355 e. The van der Waals surface area contributed by atoms with Gasteiger partial charge in [0.2, 0.25) is 0 Å². The van der Waals surface area contributed by atoms with E-state index < -0.39 is 0 Å². The molecule has 2 aliphatic rings. The van der Waals surface area contributed by atoms with Crippen LogP contribution < -0.4 is 4.90 Å². The lowest BCUT2D eigenvalue weighted by Crippen LogP contribution is -2.36. The molecule has 7 heteroatoms. The highest BCUT2D eigenvalue weighted by molar-refractivity contribution is 7.18. The summed E-state index contributed by atoms with van der Waals surface area (Å²) in [6.45, 7) is 5.30. The first-order valence-electron chi connectivity index (χ1n) is 9.24. The fourth-order valence-electron chi connectivity index (χ4n) is 4.17.